The van der Waals surface area contributed by atoms with Crippen LogP contribution in [0.25, 0.3) is 10.9 Å². The van der Waals surface area contributed by atoms with E-state index in [4.69, 9.17) is 4.74 Å². The second kappa shape index (κ2) is 8.10. The van der Waals surface area contributed by atoms with Crippen LogP contribution in [0.3, 0.4) is 0 Å². The summed E-state index contributed by atoms with van der Waals surface area (Å²) in [6.45, 7) is 1.52. The van der Waals surface area contributed by atoms with Crippen molar-refractivity contribution in [2.75, 3.05) is 6.61 Å². The highest BCUT2D eigenvalue weighted by molar-refractivity contribution is 9.10. The van der Waals surface area contributed by atoms with Gasteiger partial charge in [0.05, 0.1) is 11.6 Å². The molecule has 1 atom stereocenters. The summed E-state index contributed by atoms with van der Waals surface area (Å²) in [4.78, 5) is 28.4. The molecule has 1 heterocycles. The van der Waals surface area contributed by atoms with Gasteiger partial charge in [0.1, 0.15) is 5.69 Å². The number of hydrogen-bond donors (Lipinski definition) is 1. The molecule has 0 fully saturated rings. The zero-order valence-electron chi connectivity index (χ0n) is 14.1. The number of nitrogens with one attached hydrogen (secondary N) is 1. The van der Waals surface area contributed by atoms with E-state index in [1.165, 1.54) is 0 Å². The topological polar surface area (TPSA) is 68.3 Å². The molecule has 0 spiro atoms. The van der Waals surface area contributed by atoms with Crippen molar-refractivity contribution in [3.63, 3.8) is 0 Å². The van der Waals surface area contributed by atoms with Crippen molar-refractivity contribution >= 4 is 38.7 Å². The predicted octanol–water partition coefficient (Wildman–Crippen LogP) is 4.03. The Morgan fingerprint density at radius 2 is 1.81 bits per heavy atom. The van der Waals surface area contributed by atoms with Gasteiger partial charge in [-0.1, -0.05) is 52.3 Å². The number of para-hydroxylation sites is 1. The molecule has 26 heavy (non-hydrogen) atoms. The first-order valence-corrected chi connectivity index (χ1v) is 8.90. The number of ether oxygens (including phenoxy) is 1. The van der Waals surface area contributed by atoms with Crippen LogP contribution in [0.5, 0.6) is 0 Å². The van der Waals surface area contributed by atoms with Gasteiger partial charge in [-0.05, 0) is 36.8 Å². The minimum Gasteiger partial charge on any atom is -0.451 e. The monoisotopic (exact) mass is 412 g/mol. The Bertz CT molecular complexity index is 941. The summed E-state index contributed by atoms with van der Waals surface area (Å²) in [5.41, 5.74) is 1.84. The predicted molar refractivity (Wildman–Crippen MR) is 103 cm³/mol. The van der Waals surface area contributed by atoms with Gasteiger partial charge < -0.3 is 10.1 Å². The second-order valence-electron chi connectivity index (χ2n) is 5.81. The molecule has 0 saturated carbocycles. The van der Waals surface area contributed by atoms with E-state index in [9.17, 15) is 9.59 Å². The van der Waals surface area contributed by atoms with Gasteiger partial charge in [-0.2, -0.15) is 0 Å². The fourth-order valence-electron chi connectivity index (χ4n) is 2.50. The van der Waals surface area contributed by atoms with E-state index in [1.54, 1.807) is 12.1 Å². The van der Waals surface area contributed by atoms with Gasteiger partial charge >= 0.3 is 5.97 Å². The molecule has 3 aromatic rings. The van der Waals surface area contributed by atoms with Crippen LogP contribution in [0.2, 0.25) is 0 Å². The number of pyridine rings is 1. The number of benzene rings is 2. The van der Waals surface area contributed by atoms with Crippen molar-refractivity contribution in [1.82, 2.24) is 10.3 Å². The van der Waals surface area contributed by atoms with Gasteiger partial charge in [0.2, 0.25) is 0 Å². The molecule has 0 aliphatic rings. The van der Waals surface area contributed by atoms with E-state index in [0.29, 0.717) is 5.52 Å². The maximum Gasteiger partial charge on any atom is 0.357 e. The molecular formula is C20H17BrN2O3. The lowest BCUT2D eigenvalue weighted by Crippen LogP contribution is -2.31. The molecule has 0 saturated heterocycles. The van der Waals surface area contributed by atoms with Gasteiger partial charge in [-0.3, -0.25) is 4.79 Å². The molecule has 6 heteroatoms. The number of halogens is 1. The van der Waals surface area contributed by atoms with Crippen LogP contribution in [-0.2, 0) is 9.53 Å². The highest BCUT2D eigenvalue weighted by Gasteiger charge is 2.14. The Balaban J connectivity index is 1.56. The number of aromatic nitrogens is 1. The number of hydrogen-bond acceptors (Lipinski definition) is 4. The molecule has 5 nitrogen and oxygen atoms in total. The zero-order valence-corrected chi connectivity index (χ0v) is 15.7. The second-order valence-corrected chi connectivity index (χ2v) is 6.72. The Labute approximate surface area is 159 Å². The van der Waals surface area contributed by atoms with Crippen LogP contribution in [0.15, 0.2) is 65.1 Å². The molecule has 1 unspecified atom stereocenters. The molecule has 0 aliphatic heterocycles. The summed E-state index contributed by atoms with van der Waals surface area (Å²) in [6.07, 6.45) is 0. The fourth-order valence-corrected chi connectivity index (χ4v) is 2.77. The molecule has 1 N–H and O–H groups in total. The first-order valence-electron chi connectivity index (χ1n) is 8.10. The van der Waals surface area contributed by atoms with Crippen molar-refractivity contribution in [1.29, 1.82) is 0 Å². The number of carbonyl (C=O) groups is 2. The molecule has 0 radical (unpaired) electrons. The third kappa shape index (κ3) is 4.46. The molecule has 2 aromatic carbocycles. The lowest BCUT2D eigenvalue weighted by atomic mass is 10.1. The first-order chi connectivity index (χ1) is 12.5. The van der Waals surface area contributed by atoms with Crippen LogP contribution >= 0.6 is 15.9 Å². The van der Waals surface area contributed by atoms with Crippen LogP contribution in [0.4, 0.5) is 0 Å². The largest absolute Gasteiger partial charge is 0.451 e. The van der Waals surface area contributed by atoms with Crippen molar-refractivity contribution in [3.8, 4) is 0 Å². The summed E-state index contributed by atoms with van der Waals surface area (Å²) < 4.78 is 6.04. The molecule has 1 amide bonds. The molecule has 1 aromatic heterocycles. The molecule has 0 bridgehead atoms. The molecule has 132 valence electrons. The first kappa shape index (κ1) is 18.1. The minimum absolute atomic E-state index is 0.178. The third-order valence-corrected chi connectivity index (χ3v) is 4.42. The van der Waals surface area contributed by atoms with Crippen molar-refractivity contribution in [3.05, 3.63) is 76.4 Å². The van der Waals surface area contributed by atoms with Crippen molar-refractivity contribution in [2.24, 2.45) is 0 Å². The quantitative estimate of drug-likeness (QED) is 0.642. The number of nitrogens with zero attached hydrogens (tertiary/aromatic N) is 1. The van der Waals surface area contributed by atoms with Crippen LogP contribution < -0.4 is 5.32 Å². The zero-order chi connectivity index (χ0) is 18.5. The average molecular weight is 413 g/mol. The highest BCUT2D eigenvalue weighted by Crippen LogP contribution is 2.16. The number of rotatable bonds is 5. The van der Waals surface area contributed by atoms with Gasteiger partial charge in [0, 0.05) is 9.86 Å². The van der Waals surface area contributed by atoms with Crippen molar-refractivity contribution in [2.45, 2.75) is 13.0 Å². The summed E-state index contributed by atoms with van der Waals surface area (Å²) in [6, 6.07) is 18.3. The SMILES string of the molecule is CC(NC(=O)COC(=O)c1ccc2ccccc2n1)c1ccc(Br)cc1. The Morgan fingerprint density at radius 3 is 2.58 bits per heavy atom. The number of fused-ring (bicyclic) bond motifs is 1. The summed E-state index contributed by atoms with van der Waals surface area (Å²) in [5.74, 6) is -0.989. The minimum atomic E-state index is -0.623. The van der Waals surface area contributed by atoms with E-state index < -0.39 is 5.97 Å². The van der Waals surface area contributed by atoms with Gasteiger partial charge in [-0.15, -0.1) is 0 Å². The van der Waals surface area contributed by atoms with Crippen molar-refractivity contribution < 1.29 is 14.3 Å². The maximum absolute atomic E-state index is 12.1. The molecular weight excluding hydrogens is 396 g/mol. The Morgan fingerprint density at radius 1 is 1.08 bits per heavy atom. The molecule has 3 rings (SSSR count). The highest BCUT2D eigenvalue weighted by atomic mass is 79.9. The lowest BCUT2D eigenvalue weighted by Gasteiger charge is -2.14. The third-order valence-electron chi connectivity index (χ3n) is 3.89. The van der Waals surface area contributed by atoms with Gasteiger partial charge in [-0.25, -0.2) is 9.78 Å². The summed E-state index contributed by atoms with van der Waals surface area (Å²) in [7, 11) is 0. The van der Waals surface area contributed by atoms with E-state index >= 15 is 0 Å². The smallest absolute Gasteiger partial charge is 0.357 e. The fraction of sp³-hybridized carbons (Fsp3) is 0.150. The van der Waals surface area contributed by atoms with Crippen LogP contribution in [-0.4, -0.2) is 23.5 Å². The maximum atomic E-state index is 12.1. The Hall–Kier alpha value is -2.73. The van der Waals surface area contributed by atoms with Gasteiger partial charge in [0.25, 0.3) is 5.91 Å². The van der Waals surface area contributed by atoms with E-state index in [2.05, 4.69) is 26.2 Å². The number of amides is 1. The normalized spacial score (nSPS) is 11.8. The standard InChI is InChI=1S/C20H17BrN2O3/c1-13(14-6-9-16(21)10-7-14)22-19(24)12-26-20(25)18-11-8-15-4-2-3-5-17(15)23-18/h2-11,13H,12H2,1H3,(H,22,24). The van der Waals surface area contributed by atoms with Crippen LogP contribution in [0.1, 0.15) is 29.0 Å². The Kier molecular flexibility index (Phi) is 5.63. The number of esters is 1. The summed E-state index contributed by atoms with van der Waals surface area (Å²) >= 11 is 3.37. The lowest BCUT2D eigenvalue weighted by molar-refractivity contribution is -0.124. The van der Waals surface area contributed by atoms with Crippen LogP contribution in [0, 0.1) is 0 Å². The van der Waals surface area contributed by atoms with E-state index in [1.807, 2.05) is 55.5 Å². The average Bonchev–Trinajstić information content (AvgIpc) is 2.66. The van der Waals surface area contributed by atoms with E-state index in [0.717, 1.165) is 15.4 Å². The number of carbonyl (C=O) groups excluding carboxylic acids is 2. The molecule has 0 aliphatic carbocycles. The van der Waals surface area contributed by atoms with E-state index in [-0.39, 0.29) is 24.2 Å². The van der Waals surface area contributed by atoms with Gasteiger partial charge in [0.15, 0.2) is 6.61 Å². The summed E-state index contributed by atoms with van der Waals surface area (Å²) in [5, 5.41) is 3.74.